The minimum Gasteiger partial charge on any atom is -0.434 e. The molecule has 0 aliphatic heterocycles. The van der Waals surface area contributed by atoms with Crippen LogP contribution < -0.4 is 10.1 Å². The zero-order chi connectivity index (χ0) is 14.4. The summed E-state index contributed by atoms with van der Waals surface area (Å²) in [6.45, 7) is 0.760. The summed E-state index contributed by atoms with van der Waals surface area (Å²) in [5.41, 5.74) is 1.23. The molecule has 0 aliphatic rings. The highest BCUT2D eigenvalue weighted by atomic mass is 19.3. The number of nitrogens with one attached hydrogen (secondary N) is 2. The van der Waals surface area contributed by atoms with E-state index in [4.69, 9.17) is 0 Å². The molecule has 6 heteroatoms. The Balaban J connectivity index is 2.15. The standard InChI is InChI=1S/C14H17F2N3O/c1-2-7-17-9-13-18-8-11(19-13)10-5-3-4-6-12(10)20-14(15)16/h3-6,8,14,17H,2,7,9H2,1H3,(H,18,19). The predicted octanol–water partition coefficient (Wildman–Crippen LogP) is 3.18. The van der Waals surface area contributed by atoms with Crippen LogP contribution in [0.15, 0.2) is 30.5 Å². The van der Waals surface area contributed by atoms with E-state index in [0.29, 0.717) is 17.8 Å². The number of aromatic amines is 1. The number of halogens is 2. The molecule has 20 heavy (non-hydrogen) atoms. The third-order valence-corrected chi connectivity index (χ3v) is 2.74. The van der Waals surface area contributed by atoms with Crippen molar-refractivity contribution in [2.75, 3.05) is 6.54 Å². The molecule has 1 aromatic carbocycles. The van der Waals surface area contributed by atoms with Crippen LogP contribution >= 0.6 is 0 Å². The molecule has 0 atom stereocenters. The van der Waals surface area contributed by atoms with Crippen LogP contribution in [-0.4, -0.2) is 23.1 Å². The first-order valence-corrected chi connectivity index (χ1v) is 6.49. The Kier molecular flexibility index (Phi) is 5.06. The third kappa shape index (κ3) is 3.77. The van der Waals surface area contributed by atoms with E-state index in [0.717, 1.165) is 18.8 Å². The minimum atomic E-state index is -2.84. The molecule has 2 aromatic rings. The average Bonchev–Trinajstić information content (AvgIpc) is 2.88. The highest BCUT2D eigenvalue weighted by Crippen LogP contribution is 2.29. The maximum atomic E-state index is 12.4. The summed E-state index contributed by atoms with van der Waals surface area (Å²) in [4.78, 5) is 7.33. The largest absolute Gasteiger partial charge is 0.434 e. The van der Waals surface area contributed by atoms with Gasteiger partial charge in [-0.2, -0.15) is 8.78 Å². The highest BCUT2D eigenvalue weighted by molar-refractivity contribution is 5.66. The average molecular weight is 281 g/mol. The number of imidazole rings is 1. The third-order valence-electron chi connectivity index (χ3n) is 2.74. The molecule has 0 fully saturated rings. The normalized spacial score (nSPS) is 11.0. The van der Waals surface area contributed by atoms with Crippen LogP contribution in [0.2, 0.25) is 0 Å². The molecule has 0 spiro atoms. The quantitative estimate of drug-likeness (QED) is 0.766. The van der Waals surface area contributed by atoms with Gasteiger partial charge in [0.1, 0.15) is 11.6 Å². The molecule has 1 heterocycles. The van der Waals surface area contributed by atoms with Crippen LogP contribution in [0.5, 0.6) is 5.75 Å². The lowest BCUT2D eigenvalue weighted by Gasteiger charge is -2.08. The van der Waals surface area contributed by atoms with Gasteiger partial charge in [0.15, 0.2) is 0 Å². The summed E-state index contributed by atoms with van der Waals surface area (Å²) in [5.74, 6) is 0.902. The summed E-state index contributed by atoms with van der Waals surface area (Å²) in [7, 11) is 0. The van der Waals surface area contributed by atoms with Crippen LogP contribution in [0, 0.1) is 0 Å². The van der Waals surface area contributed by atoms with Gasteiger partial charge >= 0.3 is 6.61 Å². The van der Waals surface area contributed by atoms with Crippen molar-refractivity contribution in [2.24, 2.45) is 0 Å². The van der Waals surface area contributed by atoms with Gasteiger partial charge in [0.05, 0.1) is 18.4 Å². The topological polar surface area (TPSA) is 49.9 Å². The zero-order valence-corrected chi connectivity index (χ0v) is 11.2. The van der Waals surface area contributed by atoms with E-state index in [2.05, 4.69) is 26.9 Å². The molecule has 108 valence electrons. The lowest BCUT2D eigenvalue weighted by atomic mass is 10.1. The number of rotatable bonds is 7. The summed E-state index contributed by atoms with van der Waals surface area (Å²) in [5, 5.41) is 3.22. The van der Waals surface area contributed by atoms with Crippen molar-refractivity contribution in [1.82, 2.24) is 15.3 Å². The Bertz CT molecular complexity index is 543. The van der Waals surface area contributed by atoms with E-state index in [-0.39, 0.29) is 5.75 Å². The lowest BCUT2D eigenvalue weighted by Crippen LogP contribution is -2.14. The second-order valence-corrected chi connectivity index (χ2v) is 4.30. The number of aromatic nitrogens is 2. The first-order valence-electron chi connectivity index (χ1n) is 6.49. The smallest absolute Gasteiger partial charge is 0.387 e. The number of alkyl halides is 2. The van der Waals surface area contributed by atoms with Gasteiger partial charge in [0, 0.05) is 5.56 Å². The van der Waals surface area contributed by atoms with Crippen LogP contribution in [0.4, 0.5) is 8.78 Å². The summed E-state index contributed by atoms with van der Waals surface area (Å²) < 4.78 is 29.2. The molecule has 4 nitrogen and oxygen atoms in total. The van der Waals surface area contributed by atoms with Crippen LogP contribution in [0.3, 0.4) is 0 Å². The van der Waals surface area contributed by atoms with E-state index < -0.39 is 6.61 Å². The molecule has 0 aliphatic carbocycles. The number of hydrogen-bond donors (Lipinski definition) is 2. The first-order chi connectivity index (χ1) is 9.70. The highest BCUT2D eigenvalue weighted by Gasteiger charge is 2.12. The molecule has 0 saturated carbocycles. The molecule has 0 amide bonds. The predicted molar refractivity (Wildman–Crippen MR) is 72.7 cm³/mol. The van der Waals surface area contributed by atoms with Crippen molar-refractivity contribution in [1.29, 1.82) is 0 Å². The fraction of sp³-hybridized carbons (Fsp3) is 0.357. The van der Waals surface area contributed by atoms with E-state index in [1.165, 1.54) is 6.07 Å². The zero-order valence-electron chi connectivity index (χ0n) is 11.2. The molecule has 1 aromatic heterocycles. The van der Waals surface area contributed by atoms with Crippen molar-refractivity contribution in [3.05, 3.63) is 36.3 Å². The number of para-hydroxylation sites is 1. The second-order valence-electron chi connectivity index (χ2n) is 4.30. The molecule has 0 bridgehead atoms. The van der Waals surface area contributed by atoms with Crippen molar-refractivity contribution in [2.45, 2.75) is 26.5 Å². The maximum absolute atomic E-state index is 12.4. The summed E-state index contributed by atoms with van der Waals surface area (Å²) in [6.07, 6.45) is 2.66. The van der Waals surface area contributed by atoms with E-state index >= 15 is 0 Å². The van der Waals surface area contributed by atoms with E-state index in [1.807, 2.05) is 0 Å². The number of nitrogens with zero attached hydrogens (tertiary/aromatic N) is 1. The van der Waals surface area contributed by atoms with Crippen molar-refractivity contribution in [3.63, 3.8) is 0 Å². The van der Waals surface area contributed by atoms with Gasteiger partial charge in [-0.05, 0) is 25.1 Å². The Labute approximate surface area is 116 Å². The minimum absolute atomic E-state index is 0.138. The summed E-state index contributed by atoms with van der Waals surface area (Å²) >= 11 is 0. The van der Waals surface area contributed by atoms with Gasteiger partial charge in [-0.1, -0.05) is 19.1 Å². The van der Waals surface area contributed by atoms with Crippen LogP contribution in [0.25, 0.3) is 11.3 Å². The molecular weight excluding hydrogens is 264 g/mol. The van der Waals surface area contributed by atoms with Gasteiger partial charge in [-0.15, -0.1) is 0 Å². The van der Waals surface area contributed by atoms with Crippen LogP contribution in [0.1, 0.15) is 19.2 Å². The Hall–Kier alpha value is -1.95. The monoisotopic (exact) mass is 281 g/mol. The molecule has 2 rings (SSSR count). The van der Waals surface area contributed by atoms with Crippen molar-refractivity contribution < 1.29 is 13.5 Å². The van der Waals surface area contributed by atoms with E-state index in [1.54, 1.807) is 24.4 Å². The number of benzene rings is 1. The van der Waals surface area contributed by atoms with Crippen LogP contribution in [-0.2, 0) is 6.54 Å². The molecule has 0 unspecified atom stereocenters. The fourth-order valence-corrected chi connectivity index (χ4v) is 1.86. The van der Waals surface area contributed by atoms with Gasteiger partial charge < -0.3 is 15.0 Å². The Morgan fingerprint density at radius 1 is 1.35 bits per heavy atom. The Morgan fingerprint density at radius 3 is 2.90 bits per heavy atom. The van der Waals surface area contributed by atoms with Crippen molar-refractivity contribution >= 4 is 0 Å². The second kappa shape index (κ2) is 7.00. The molecule has 0 radical (unpaired) electrons. The van der Waals surface area contributed by atoms with Gasteiger partial charge in [0.2, 0.25) is 0 Å². The lowest BCUT2D eigenvalue weighted by molar-refractivity contribution is -0.0494. The Morgan fingerprint density at radius 2 is 2.15 bits per heavy atom. The van der Waals surface area contributed by atoms with Gasteiger partial charge in [0.25, 0.3) is 0 Å². The van der Waals surface area contributed by atoms with Gasteiger partial charge in [-0.3, -0.25) is 0 Å². The number of hydrogen-bond acceptors (Lipinski definition) is 3. The molecule has 0 saturated heterocycles. The maximum Gasteiger partial charge on any atom is 0.387 e. The number of H-pyrrole nitrogens is 1. The van der Waals surface area contributed by atoms with Gasteiger partial charge in [-0.25, -0.2) is 4.98 Å². The summed E-state index contributed by atoms with van der Waals surface area (Å²) in [6, 6.07) is 6.65. The van der Waals surface area contributed by atoms with Crippen molar-refractivity contribution in [3.8, 4) is 17.0 Å². The molecule has 2 N–H and O–H groups in total. The molecular formula is C14H17F2N3O. The SMILES string of the molecule is CCCNCc1ncc(-c2ccccc2OC(F)F)[nH]1. The number of ether oxygens (including phenoxy) is 1. The van der Waals surface area contributed by atoms with E-state index in [9.17, 15) is 8.78 Å². The fourth-order valence-electron chi connectivity index (χ4n) is 1.86. The first kappa shape index (κ1) is 14.5.